The van der Waals surface area contributed by atoms with E-state index in [0.29, 0.717) is 17.6 Å². The van der Waals surface area contributed by atoms with Crippen LogP contribution >= 0.6 is 24.0 Å². The van der Waals surface area contributed by atoms with Crippen molar-refractivity contribution in [1.29, 1.82) is 0 Å². The van der Waals surface area contributed by atoms with Gasteiger partial charge in [0, 0.05) is 25.7 Å². The second kappa shape index (κ2) is 11.9. The molecule has 0 spiro atoms. The average molecular weight is 496 g/mol. The molecule has 1 fully saturated rings. The molecule has 1 aliphatic carbocycles. The zero-order valence-electron chi connectivity index (χ0n) is 15.6. The third-order valence-electron chi connectivity index (χ3n) is 4.20. The van der Waals surface area contributed by atoms with Gasteiger partial charge >= 0.3 is 6.61 Å². The number of para-hydroxylation sites is 1. The molecular formula is C18H27F2IN4O2. The smallest absolute Gasteiger partial charge is 0.387 e. The number of aliphatic imine (C=N–C) groups is 1. The molecule has 1 aromatic rings. The first kappa shape index (κ1) is 23.4. The molecule has 0 radical (unpaired) electrons. The minimum atomic E-state index is -2.88. The molecule has 0 saturated heterocycles. The molecule has 0 atom stereocenters. The predicted molar refractivity (Wildman–Crippen MR) is 112 cm³/mol. The summed E-state index contributed by atoms with van der Waals surface area (Å²) < 4.78 is 29.6. The van der Waals surface area contributed by atoms with Crippen LogP contribution < -0.4 is 15.4 Å². The van der Waals surface area contributed by atoms with Gasteiger partial charge in [-0.25, -0.2) is 4.99 Å². The molecule has 6 nitrogen and oxygen atoms in total. The van der Waals surface area contributed by atoms with Crippen LogP contribution in [-0.2, 0) is 11.3 Å². The van der Waals surface area contributed by atoms with Crippen LogP contribution in [0.25, 0.3) is 0 Å². The molecule has 1 amide bonds. The molecule has 0 heterocycles. The van der Waals surface area contributed by atoms with Crippen LogP contribution in [0, 0.1) is 0 Å². The van der Waals surface area contributed by atoms with Gasteiger partial charge in [0.15, 0.2) is 5.96 Å². The Hall–Kier alpha value is -1.65. The first-order valence-corrected chi connectivity index (χ1v) is 8.73. The second-order valence-corrected chi connectivity index (χ2v) is 6.42. The van der Waals surface area contributed by atoms with Crippen molar-refractivity contribution < 1.29 is 18.3 Å². The molecular weight excluding hydrogens is 469 g/mol. The number of hydrogen-bond donors (Lipinski definition) is 2. The van der Waals surface area contributed by atoms with E-state index in [1.807, 2.05) is 0 Å². The first-order valence-electron chi connectivity index (χ1n) is 8.73. The second-order valence-electron chi connectivity index (χ2n) is 6.42. The number of halogens is 3. The topological polar surface area (TPSA) is 66.0 Å². The van der Waals surface area contributed by atoms with Gasteiger partial charge < -0.3 is 20.3 Å². The van der Waals surface area contributed by atoms with Gasteiger partial charge in [-0.3, -0.25) is 4.79 Å². The van der Waals surface area contributed by atoms with Crippen molar-refractivity contribution in [3.05, 3.63) is 29.8 Å². The number of amides is 1. The van der Waals surface area contributed by atoms with Gasteiger partial charge in [0.25, 0.3) is 0 Å². The van der Waals surface area contributed by atoms with Gasteiger partial charge in [-0.15, -0.1) is 24.0 Å². The number of rotatable bonds is 7. The van der Waals surface area contributed by atoms with Crippen LogP contribution in [0.5, 0.6) is 5.75 Å². The number of carbonyl (C=O) groups is 1. The standard InChI is InChI=1S/C18H26F2N4O2.HI/c1-24(2)16(25)12-22-18(23-14-8-4-5-9-14)21-11-13-7-3-6-10-15(13)26-17(19)20;/h3,6-7,10,14,17H,4-5,8-9,11-12H2,1-2H3,(H2,21,22,23);1H. The van der Waals surface area contributed by atoms with Gasteiger partial charge in [0.1, 0.15) is 5.75 Å². The van der Waals surface area contributed by atoms with Gasteiger partial charge in [0.2, 0.25) is 5.91 Å². The zero-order chi connectivity index (χ0) is 18.9. The monoisotopic (exact) mass is 496 g/mol. The number of carbonyl (C=O) groups excluding carboxylic acids is 1. The molecule has 0 bridgehead atoms. The number of likely N-dealkylation sites (N-methyl/N-ethyl adjacent to an activating group) is 1. The minimum Gasteiger partial charge on any atom is -0.434 e. The molecule has 9 heteroatoms. The summed E-state index contributed by atoms with van der Waals surface area (Å²) in [6.07, 6.45) is 4.42. The van der Waals surface area contributed by atoms with E-state index in [2.05, 4.69) is 20.4 Å². The molecule has 1 saturated carbocycles. The van der Waals surface area contributed by atoms with E-state index in [4.69, 9.17) is 0 Å². The average Bonchev–Trinajstić information content (AvgIpc) is 3.10. The van der Waals surface area contributed by atoms with Gasteiger partial charge in [-0.1, -0.05) is 31.0 Å². The number of hydrogen-bond acceptors (Lipinski definition) is 3. The fraction of sp³-hybridized carbons (Fsp3) is 0.556. The molecule has 0 aliphatic heterocycles. The van der Waals surface area contributed by atoms with E-state index in [9.17, 15) is 13.6 Å². The fourth-order valence-corrected chi connectivity index (χ4v) is 2.74. The highest BCUT2D eigenvalue weighted by molar-refractivity contribution is 14.0. The van der Waals surface area contributed by atoms with E-state index in [1.165, 1.54) is 11.0 Å². The summed E-state index contributed by atoms with van der Waals surface area (Å²) in [7, 11) is 3.37. The van der Waals surface area contributed by atoms with Crippen LogP contribution in [0.3, 0.4) is 0 Å². The van der Waals surface area contributed by atoms with Gasteiger partial charge in [-0.05, 0) is 18.9 Å². The van der Waals surface area contributed by atoms with E-state index >= 15 is 0 Å². The van der Waals surface area contributed by atoms with Crippen molar-refractivity contribution in [1.82, 2.24) is 15.5 Å². The number of alkyl halides is 2. The molecule has 0 aromatic heterocycles. The maximum Gasteiger partial charge on any atom is 0.387 e. The highest BCUT2D eigenvalue weighted by Gasteiger charge is 2.17. The summed E-state index contributed by atoms with van der Waals surface area (Å²) >= 11 is 0. The zero-order valence-corrected chi connectivity index (χ0v) is 17.9. The van der Waals surface area contributed by atoms with E-state index in [0.717, 1.165) is 25.7 Å². The van der Waals surface area contributed by atoms with Crippen LogP contribution in [0.15, 0.2) is 29.3 Å². The Kier molecular flexibility index (Phi) is 10.3. The quantitative estimate of drug-likeness (QED) is 0.346. The Morgan fingerprint density at radius 2 is 1.96 bits per heavy atom. The maximum atomic E-state index is 12.5. The van der Waals surface area contributed by atoms with Crippen molar-refractivity contribution >= 4 is 35.8 Å². The third-order valence-corrected chi connectivity index (χ3v) is 4.20. The lowest BCUT2D eigenvalue weighted by Gasteiger charge is -2.18. The predicted octanol–water partition coefficient (Wildman–Crippen LogP) is 2.97. The van der Waals surface area contributed by atoms with Crippen molar-refractivity contribution in [3.8, 4) is 5.75 Å². The molecule has 1 aromatic carbocycles. The maximum absolute atomic E-state index is 12.5. The SMILES string of the molecule is CN(C)C(=O)CNC(=NCc1ccccc1OC(F)F)NC1CCCC1.I. The molecule has 2 N–H and O–H groups in total. The first-order chi connectivity index (χ1) is 12.5. The summed E-state index contributed by atoms with van der Waals surface area (Å²) in [5.74, 6) is 0.530. The molecule has 0 unspecified atom stereocenters. The normalized spacial score (nSPS) is 14.6. The summed E-state index contributed by atoms with van der Waals surface area (Å²) in [6, 6.07) is 6.87. The van der Waals surface area contributed by atoms with Gasteiger partial charge in [-0.2, -0.15) is 8.78 Å². The highest BCUT2D eigenvalue weighted by Crippen LogP contribution is 2.21. The number of nitrogens with one attached hydrogen (secondary N) is 2. The Labute approximate surface area is 175 Å². The van der Waals surface area contributed by atoms with Crippen molar-refractivity contribution in [2.24, 2.45) is 4.99 Å². The van der Waals surface area contributed by atoms with E-state index in [1.54, 1.807) is 32.3 Å². The Morgan fingerprint density at radius 3 is 2.59 bits per heavy atom. The Bertz CT molecular complexity index is 623. The highest BCUT2D eigenvalue weighted by atomic mass is 127. The van der Waals surface area contributed by atoms with Crippen LogP contribution in [0.4, 0.5) is 8.78 Å². The molecule has 152 valence electrons. The van der Waals surface area contributed by atoms with E-state index < -0.39 is 6.61 Å². The minimum absolute atomic E-state index is 0. The number of guanidine groups is 1. The van der Waals surface area contributed by atoms with Gasteiger partial charge in [0.05, 0.1) is 13.1 Å². The fourth-order valence-electron chi connectivity index (χ4n) is 2.74. The van der Waals surface area contributed by atoms with Crippen LogP contribution in [-0.4, -0.2) is 50.1 Å². The van der Waals surface area contributed by atoms with Crippen molar-refractivity contribution in [2.45, 2.75) is 44.9 Å². The van der Waals surface area contributed by atoms with Crippen molar-refractivity contribution in [3.63, 3.8) is 0 Å². The summed E-state index contributed by atoms with van der Waals surface area (Å²) in [4.78, 5) is 17.8. The number of ether oxygens (including phenoxy) is 1. The van der Waals surface area contributed by atoms with Crippen LogP contribution in [0.2, 0.25) is 0 Å². The Balaban J connectivity index is 0.00000364. The Morgan fingerprint density at radius 1 is 1.30 bits per heavy atom. The molecule has 27 heavy (non-hydrogen) atoms. The van der Waals surface area contributed by atoms with E-state index in [-0.39, 0.29) is 48.7 Å². The summed E-state index contributed by atoms with van der Waals surface area (Å²) in [6.45, 7) is -2.60. The lowest BCUT2D eigenvalue weighted by atomic mass is 10.2. The number of benzene rings is 1. The van der Waals surface area contributed by atoms with Crippen molar-refractivity contribution in [2.75, 3.05) is 20.6 Å². The number of nitrogens with zero attached hydrogens (tertiary/aromatic N) is 2. The van der Waals surface area contributed by atoms with Crippen LogP contribution in [0.1, 0.15) is 31.2 Å². The summed E-state index contributed by atoms with van der Waals surface area (Å²) in [5.41, 5.74) is 0.555. The lowest BCUT2D eigenvalue weighted by Crippen LogP contribution is -2.46. The summed E-state index contributed by atoms with van der Waals surface area (Å²) in [5, 5.41) is 6.34. The molecule has 2 rings (SSSR count). The third kappa shape index (κ3) is 8.27. The molecule has 1 aliphatic rings. The lowest BCUT2D eigenvalue weighted by molar-refractivity contribution is -0.127. The largest absolute Gasteiger partial charge is 0.434 e.